The molecular weight excluding hydrogens is 1100 g/mol. The van der Waals surface area contributed by atoms with Crippen molar-refractivity contribution in [3.63, 3.8) is 0 Å². The lowest BCUT2D eigenvalue weighted by Gasteiger charge is -2.76. The van der Waals surface area contributed by atoms with Crippen LogP contribution < -0.4 is 21.7 Å². The minimum absolute atomic E-state index is 0.102. The molecule has 11 aliphatic rings. The summed E-state index contributed by atoms with van der Waals surface area (Å²) in [5.41, 5.74) is 2.34. The van der Waals surface area contributed by atoms with Crippen LogP contribution in [0.5, 0.6) is 0 Å². The maximum absolute atomic E-state index is 15.9. The molecule has 16 N–H and O–H groups in total. The highest BCUT2D eigenvalue weighted by Crippen LogP contribution is 2.80. The number of carbonyl (C=O) groups excluding carboxylic acids is 1. The fourth-order valence-electron chi connectivity index (χ4n) is 22.5. The van der Waals surface area contributed by atoms with Crippen LogP contribution in [0.3, 0.4) is 0 Å². The van der Waals surface area contributed by atoms with Gasteiger partial charge in [-0.2, -0.15) is 0 Å². The highest BCUT2D eigenvalue weighted by Gasteiger charge is 2.79. The largest absolute Gasteiger partial charge is 0.481 e. The highest BCUT2D eigenvalue weighted by atomic mass is 16.7. The number of nitrogens with zero attached hydrogens (tertiary/aromatic N) is 2. The Labute approximate surface area is 504 Å². The summed E-state index contributed by atoms with van der Waals surface area (Å²) in [6.07, 6.45) is 5.60. The minimum atomic E-state index is -1.71. The second-order valence-corrected chi connectivity index (χ2v) is 30.4. The smallest absolute Gasteiger partial charge is 0.310 e. The number of H-pyrrole nitrogens is 2. The summed E-state index contributed by atoms with van der Waals surface area (Å²) in [7, 11) is 0. The van der Waals surface area contributed by atoms with E-state index in [1.807, 2.05) is 6.92 Å². The van der Waals surface area contributed by atoms with Crippen molar-refractivity contribution < 1.29 is 65.0 Å². The number of aliphatic hydroxyl groups excluding tert-OH is 8. The number of rotatable bonds is 13. The zero-order valence-electron chi connectivity index (χ0n) is 50.7. The van der Waals surface area contributed by atoms with Gasteiger partial charge in [-0.25, -0.2) is 9.97 Å². The lowest BCUT2D eigenvalue weighted by molar-refractivity contribution is -0.343. The number of nitrogens with one attached hydrogen (secondary N) is 5. The number of nitrogens with two attached hydrogens (primary N) is 1. The number of carboxylic acid groups (broad SMARTS) is 1. The van der Waals surface area contributed by atoms with Crippen molar-refractivity contribution in [3.05, 3.63) is 41.9 Å². The van der Waals surface area contributed by atoms with E-state index >= 15 is 4.79 Å². The van der Waals surface area contributed by atoms with E-state index in [0.29, 0.717) is 75.8 Å². The number of imidazole rings is 2. The van der Waals surface area contributed by atoms with Crippen LogP contribution >= 0.6 is 0 Å². The second kappa shape index (κ2) is 21.8. The molecule has 86 heavy (non-hydrogen) atoms. The summed E-state index contributed by atoms with van der Waals surface area (Å²) in [4.78, 5) is 46.6. The molecule has 21 heteroatoms. The van der Waals surface area contributed by atoms with Gasteiger partial charge in [0, 0.05) is 72.8 Å². The van der Waals surface area contributed by atoms with Gasteiger partial charge in [0.1, 0.15) is 30.4 Å². The van der Waals surface area contributed by atoms with Crippen LogP contribution in [0, 0.1) is 109 Å². The van der Waals surface area contributed by atoms with Gasteiger partial charge in [0.05, 0.1) is 60.7 Å². The van der Waals surface area contributed by atoms with Crippen LogP contribution in [-0.2, 0) is 25.5 Å². The average molecular weight is 1200 g/mol. The van der Waals surface area contributed by atoms with Crippen molar-refractivity contribution >= 4 is 17.7 Å². The van der Waals surface area contributed by atoms with Crippen LogP contribution in [0.15, 0.2) is 30.5 Å². The number of aliphatic hydroxyl groups is 8. The number of hydrogen-bond donors (Lipinski definition) is 15. The molecule has 0 bridgehead atoms. The average Bonchev–Trinajstić information content (AvgIpc) is 0.666. The minimum Gasteiger partial charge on any atom is -0.481 e. The molecule has 21 nitrogen and oxygen atoms in total. The second-order valence-electron chi connectivity index (χ2n) is 30.4. The fraction of sp³-hybridized carbons (Fsp3) is 0.815. The third-order valence-corrected chi connectivity index (χ3v) is 27.0. The van der Waals surface area contributed by atoms with E-state index in [9.17, 15) is 50.8 Å². The van der Waals surface area contributed by atoms with E-state index in [4.69, 9.17) is 20.2 Å². The van der Waals surface area contributed by atoms with Crippen molar-refractivity contribution in [3.8, 4) is 11.8 Å². The summed E-state index contributed by atoms with van der Waals surface area (Å²) < 4.78 is 12.9. The number of allylic oxidation sites excluding steroid dienone is 2. The Hall–Kier alpha value is -4.02. The van der Waals surface area contributed by atoms with Crippen molar-refractivity contribution in [1.82, 2.24) is 30.6 Å². The summed E-state index contributed by atoms with van der Waals surface area (Å²) in [6, 6.07) is -0.639. The zero-order chi connectivity index (χ0) is 60.8. The summed E-state index contributed by atoms with van der Waals surface area (Å²) in [5.74, 6) is 1.25. The van der Waals surface area contributed by atoms with Gasteiger partial charge in [-0.3, -0.25) is 9.59 Å². The Morgan fingerprint density at radius 2 is 1.67 bits per heavy atom. The third kappa shape index (κ3) is 8.59. The molecule has 27 unspecified atom stereocenters. The Morgan fingerprint density at radius 3 is 2.38 bits per heavy atom. The number of hydrogen-bond acceptors (Lipinski definition) is 17. The normalized spacial score (nSPS) is 48.2. The first-order valence-electron chi connectivity index (χ1n) is 32.6. The van der Waals surface area contributed by atoms with Gasteiger partial charge >= 0.3 is 5.97 Å². The van der Waals surface area contributed by atoms with Crippen LogP contribution in [0.1, 0.15) is 142 Å². The Kier molecular flexibility index (Phi) is 15.5. The van der Waals surface area contributed by atoms with E-state index in [2.05, 4.69) is 76.5 Å². The molecule has 8 fully saturated rings. The van der Waals surface area contributed by atoms with Crippen LogP contribution in [0.4, 0.5) is 5.82 Å². The van der Waals surface area contributed by atoms with E-state index in [-0.39, 0.29) is 50.0 Å². The van der Waals surface area contributed by atoms with Crippen LogP contribution in [0.25, 0.3) is 0 Å². The molecule has 5 heterocycles. The molecule has 13 rings (SSSR count). The molecule has 1 amide bonds. The number of aliphatic carboxylic acids is 1. The standard InChI is InChI=1S/C65H96N8O13/c1-59(28-74)18-19-65(58(83)84)40(23-59)36-20-32-13-14-33-10-9-16-64(33)38(47(73-57(64)82)46(43-26-67-30-70-43)48(77)35(54(66)81)24-68-34-11-7-6-8-12-34)21-39-49(78)53(86-56-51(80)50(79)44(76)27-85-56)60(2,29-75)45-15-17-61(3,52(32)62(39,45)4)63(36,5)37-22-42-55(72-31-71-42)69-25-41(37)65/h20,26,30-35,37-41,44-54,56,68-69,74-81H,6-12,15-19,21-25,27-29,66H2,1-5H3,(H,67,70)(H,71,72)(H,73,82)(H,83,84). The first kappa shape index (κ1) is 60.9. The third-order valence-electron chi connectivity index (χ3n) is 27.0. The summed E-state index contributed by atoms with van der Waals surface area (Å²) >= 11 is 0. The maximum atomic E-state index is 15.9. The predicted molar refractivity (Wildman–Crippen MR) is 313 cm³/mol. The molecular formula is C65H96N8O13. The number of aromatic amines is 2. The highest BCUT2D eigenvalue weighted by molar-refractivity contribution is 5.87. The number of fused-ring (bicyclic) bond motifs is 8. The topological polar surface area (TPSA) is 354 Å². The molecule has 2 aromatic rings. The number of anilines is 1. The van der Waals surface area contributed by atoms with Crippen molar-refractivity contribution in [2.24, 2.45) is 103 Å². The van der Waals surface area contributed by atoms with Gasteiger partial charge in [-0.05, 0) is 134 Å². The molecule has 8 aliphatic carbocycles. The lowest BCUT2D eigenvalue weighted by Crippen LogP contribution is -2.75. The Morgan fingerprint density at radius 1 is 0.895 bits per heavy atom. The van der Waals surface area contributed by atoms with Crippen molar-refractivity contribution in [2.75, 3.05) is 38.2 Å². The molecule has 2 saturated heterocycles. The molecule has 3 aliphatic heterocycles. The zero-order valence-corrected chi connectivity index (χ0v) is 50.7. The summed E-state index contributed by atoms with van der Waals surface area (Å²) in [6.45, 7) is 10.7. The van der Waals surface area contributed by atoms with Gasteiger partial charge in [-0.15, -0.1) is 0 Å². The number of aromatic nitrogens is 4. The lowest BCUT2D eigenvalue weighted by atomic mass is 9.28. The first-order valence-corrected chi connectivity index (χ1v) is 32.6. The molecule has 6 saturated carbocycles. The monoisotopic (exact) mass is 1200 g/mol. The first-order chi connectivity index (χ1) is 41.0. The van der Waals surface area contributed by atoms with E-state index in [1.54, 1.807) is 18.9 Å². The number of amides is 1. The van der Waals surface area contributed by atoms with E-state index in [1.165, 1.54) is 0 Å². The van der Waals surface area contributed by atoms with E-state index in [0.717, 1.165) is 43.4 Å². The maximum Gasteiger partial charge on any atom is 0.310 e. The Balaban J connectivity index is 1.03. The summed E-state index contributed by atoms with van der Waals surface area (Å²) in [5, 5.41) is 119. The van der Waals surface area contributed by atoms with Crippen LogP contribution in [-0.4, -0.2) is 172 Å². The SMILES string of the molecule is CC1(CO)CCC2(C(=O)O)C(C1)C1=CC3C#CC4CCCC45C(=O)NC(C(c4cnc[nH]4)C(O)C(CNC4CCCCC4)C(N)O)C5CC4C(O)C(OC5OCC(O)C(O)C5O)C(C)(CO)C5CCC(C)(C3C45C)C1(C)C1Cc3[nH]cnc3NCC12. The van der Waals surface area contributed by atoms with Gasteiger partial charge in [0.2, 0.25) is 5.91 Å². The molecule has 2 aromatic heterocycles. The van der Waals surface area contributed by atoms with Gasteiger partial charge in [0.15, 0.2) is 6.29 Å². The molecule has 27 atom stereocenters. The van der Waals surface area contributed by atoms with Crippen molar-refractivity contribution in [2.45, 2.75) is 198 Å². The fourth-order valence-corrected chi connectivity index (χ4v) is 22.5. The number of ether oxygens (including phenoxy) is 2. The quantitative estimate of drug-likeness (QED) is 0.0593. The van der Waals surface area contributed by atoms with Gasteiger partial charge in [-0.1, -0.05) is 83.8 Å². The Bertz CT molecular complexity index is 2970. The van der Waals surface area contributed by atoms with Gasteiger partial charge in [0.25, 0.3) is 0 Å². The number of carboxylic acids is 1. The van der Waals surface area contributed by atoms with Gasteiger partial charge < -0.3 is 87.1 Å². The van der Waals surface area contributed by atoms with Crippen molar-refractivity contribution in [1.29, 1.82) is 0 Å². The number of carbonyl (C=O) groups is 2. The molecule has 474 valence electrons. The molecule has 0 radical (unpaired) electrons. The molecule has 0 aromatic carbocycles. The molecule has 1 spiro atoms. The van der Waals surface area contributed by atoms with E-state index < -0.39 is 159 Å². The van der Waals surface area contributed by atoms with Crippen LogP contribution in [0.2, 0.25) is 0 Å². The predicted octanol–water partition coefficient (Wildman–Crippen LogP) is 2.90.